The van der Waals surface area contributed by atoms with Crippen molar-refractivity contribution in [3.63, 3.8) is 0 Å². The third-order valence-electron chi connectivity index (χ3n) is 2.95. The van der Waals surface area contributed by atoms with Crippen LogP contribution >= 0.6 is 0 Å². The summed E-state index contributed by atoms with van der Waals surface area (Å²) in [7, 11) is 0. The Balaban J connectivity index is 2.06. The first-order chi connectivity index (χ1) is 9.97. The maximum absolute atomic E-state index is 12.8. The van der Waals surface area contributed by atoms with E-state index in [1.165, 1.54) is 36.4 Å². The van der Waals surface area contributed by atoms with Crippen LogP contribution in [0.5, 0.6) is 5.75 Å². The molecule has 0 saturated carbocycles. The molecule has 0 saturated heterocycles. The summed E-state index contributed by atoms with van der Waals surface area (Å²) in [6, 6.07) is 11.4. The van der Waals surface area contributed by atoms with Crippen molar-refractivity contribution < 1.29 is 18.7 Å². The Hall–Kier alpha value is -2.69. The Kier molecular flexibility index (Phi) is 4.33. The quantitative estimate of drug-likeness (QED) is 0.859. The fourth-order valence-electron chi connectivity index (χ4n) is 1.80. The van der Waals surface area contributed by atoms with E-state index in [9.17, 15) is 14.0 Å². The molecule has 2 aromatic carbocycles. The monoisotopic (exact) mass is 287 g/mol. The molecule has 1 amide bonds. The fourth-order valence-corrected chi connectivity index (χ4v) is 1.80. The van der Waals surface area contributed by atoms with Gasteiger partial charge >= 0.3 is 0 Å². The van der Waals surface area contributed by atoms with Crippen LogP contribution in [-0.4, -0.2) is 17.8 Å². The van der Waals surface area contributed by atoms with Crippen LogP contribution < -0.4 is 10.5 Å². The predicted octanol–water partition coefficient (Wildman–Crippen LogP) is 2.57. The number of carbonyl (C=O) groups excluding carboxylic acids is 2. The number of hydrogen-bond acceptors (Lipinski definition) is 3. The van der Waals surface area contributed by atoms with Crippen LogP contribution in [0.25, 0.3) is 0 Å². The zero-order chi connectivity index (χ0) is 15.4. The lowest BCUT2D eigenvalue weighted by Gasteiger charge is -2.14. The van der Waals surface area contributed by atoms with Crippen LogP contribution in [0.15, 0.2) is 48.5 Å². The average molecular weight is 287 g/mol. The first-order valence-corrected chi connectivity index (χ1v) is 6.33. The Morgan fingerprint density at radius 2 is 1.52 bits per heavy atom. The molecule has 0 radical (unpaired) electrons. The molecule has 0 aliphatic heterocycles. The first kappa shape index (κ1) is 14.7. The molecule has 5 heteroatoms. The molecule has 0 aliphatic carbocycles. The molecule has 2 rings (SSSR count). The number of halogens is 1. The number of ether oxygens (including phenoxy) is 1. The van der Waals surface area contributed by atoms with E-state index in [0.29, 0.717) is 16.9 Å². The zero-order valence-electron chi connectivity index (χ0n) is 11.4. The number of carbonyl (C=O) groups is 2. The smallest absolute Gasteiger partial charge is 0.248 e. The summed E-state index contributed by atoms with van der Waals surface area (Å²) in [5, 5.41) is 0. The molecule has 0 heterocycles. The van der Waals surface area contributed by atoms with Crippen LogP contribution in [0.2, 0.25) is 0 Å². The summed E-state index contributed by atoms with van der Waals surface area (Å²) in [6.45, 7) is 1.60. The highest BCUT2D eigenvalue weighted by Crippen LogP contribution is 2.16. The van der Waals surface area contributed by atoms with Crippen molar-refractivity contribution in [1.82, 2.24) is 0 Å². The third-order valence-corrected chi connectivity index (χ3v) is 2.95. The van der Waals surface area contributed by atoms with Crippen LogP contribution in [-0.2, 0) is 0 Å². The lowest BCUT2D eigenvalue weighted by Crippen LogP contribution is -2.24. The van der Waals surface area contributed by atoms with Crippen molar-refractivity contribution in [2.75, 3.05) is 0 Å². The van der Waals surface area contributed by atoms with E-state index in [2.05, 4.69) is 0 Å². The van der Waals surface area contributed by atoms with Gasteiger partial charge in [-0.3, -0.25) is 9.59 Å². The number of hydrogen-bond donors (Lipinski definition) is 1. The standard InChI is InChI=1S/C16H14FNO3/c1-10(15(19)11-2-6-13(17)7-3-11)21-14-8-4-12(5-9-14)16(18)20/h2-10H,1H3,(H2,18,20)/t10-/m1/s1. The van der Waals surface area contributed by atoms with Crippen molar-refractivity contribution in [2.24, 2.45) is 5.73 Å². The molecule has 0 aromatic heterocycles. The molecular formula is C16H14FNO3. The number of amides is 1. The van der Waals surface area contributed by atoms with Gasteiger partial charge in [0, 0.05) is 11.1 Å². The van der Waals surface area contributed by atoms with E-state index in [0.717, 1.165) is 0 Å². The van der Waals surface area contributed by atoms with Gasteiger partial charge in [0.05, 0.1) is 0 Å². The molecule has 108 valence electrons. The average Bonchev–Trinajstić information content (AvgIpc) is 2.47. The summed E-state index contributed by atoms with van der Waals surface area (Å²) in [5.41, 5.74) is 5.87. The highest BCUT2D eigenvalue weighted by molar-refractivity contribution is 5.99. The number of rotatable bonds is 5. The van der Waals surface area contributed by atoms with Crippen LogP contribution in [0.4, 0.5) is 4.39 Å². The molecular weight excluding hydrogens is 273 g/mol. The summed E-state index contributed by atoms with van der Waals surface area (Å²) >= 11 is 0. The minimum absolute atomic E-state index is 0.256. The van der Waals surface area contributed by atoms with Gasteiger partial charge in [-0.25, -0.2) is 4.39 Å². The predicted molar refractivity (Wildman–Crippen MR) is 75.8 cm³/mol. The van der Waals surface area contributed by atoms with Crippen LogP contribution in [0, 0.1) is 5.82 Å². The van der Waals surface area contributed by atoms with Gasteiger partial charge in [0.1, 0.15) is 11.6 Å². The minimum Gasteiger partial charge on any atom is -0.483 e. The number of nitrogens with two attached hydrogens (primary N) is 1. The van der Waals surface area contributed by atoms with Gasteiger partial charge in [0.2, 0.25) is 11.7 Å². The zero-order valence-corrected chi connectivity index (χ0v) is 11.4. The van der Waals surface area contributed by atoms with Gasteiger partial charge in [0.25, 0.3) is 0 Å². The second-order valence-corrected chi connectivity index (χ2v) is 4.52. The van der Waals surface area contributed by atoms with Crippen molar-refractivity contribution >= 4 is 11.7 Å². The van der Waals surface area contributed by atoms with Crippen LogP contribution in [0.3, 0.4) is 0 Å². The van der Waals surface area contributed by atoms with Gasteiger partial charge in [-0.15, -0.1) is 0 Å². The van der Waals surface area contributed by atoms with Gasteiger partial charge in [-0.1, -0.05) is 0 Å². The van der Waals surface area contributed by atoms with Crippen molar-refractivity contribution in [3.05, 3.63) is 65.5 Å². The summed E-state index contributed by atoms with van der Waals surface area (Å²) in [4.78, 5) is 23.1. The first-order valence-electron chi connectivity index (χ1n) is 6.33. The van der Waals surface area contributed by atoms with Gasteiger partial charge in [-0.05, 0) is 55.5 Å². The highest BCUT2D eigenvalue weighted by atomic mass is 19.1. The molecule has 1 atom stereocenters. The maximum Gasteiger partial charge on any atom is 0.248 e. The largest absolute Gasteiger partial charge is 0.483 e. The molecule has 2 aromatic rings. The number of primary amides is 1. The lowest BCUT2D eigenvalue weighted by molar-refractivity contribution is 0.0817. The van der Waals surface area contributed by atoms with Crippen molar-refractivity contribution in [2.45, 2.75) is 13.0 Å². The van der Waals surface area contributed by atoms with Crippen LogP contribution in [0.1, 0.15) is 27.6 Å². The Morgan fingerprint density at radius 1 is 1.00 bits per heavy atom. The highest BCUT2D eigenvalue weighted by Gasteiger charge is 2.17. The normalized spacial score (nSPS) is 11.7. The Morgan fingerprint density at radius 3 is 2.05 bits per heavy atom. The Labute approximate surface area is 121 Å². The van der Waals surface area contributed by atoms with E-state index in [-0.39, 0.29) is 5.78 Å². The van der Waals surface area contributed by atoms with Gasteiger partial charge in [0.15, 0.2) is 6.10 Å². The molecule has 0 fully saturated rings. The minimum atomic E-state index is -0.727. The maximum atomic E-state index is 12.8. The number of benzene rings is 2. The molecule has 0 unspecified atom stereocenters. The SMILES string of the molecule is C[C@@H](Oc1ccc(C(N)=O)cc1)C(=O)c1ccc(F)cc1. The fraction of sp³-hybridized carbons (Fsp3) is 0.125. The molecule has 2 N–H and O–H groups in total. The Bertz CT molecular complexity index is 650. The molecule has 0 aliphatic rings. The summed E-state index contributed by atoms with van der Waals surface area (Å²) < 4.78 is 18.3. The van der Waals surface area contributed by atoms with E-state index >= 15 is 0 Å². The van der Waals surface area contributed by atoms with E-state index in [4.69, 9.17) is 10.5 Å². The van der Waals surface area contributed by atoms with Gasteiger partial charge in [-0.2, -0.15) is 0 Å². The molecule has 0 spiro atoms. The van der Waals surface area contributed by atoms with E-state index in [1.54, 1.807) is 19.1 Å². The second kappa shape index (κ2) is 6.17. The third kappa shape index (κ3) is 3.66. The topological polar surface area (TPSA) is 69.4 Å². The molecule has 4 nitrogen and oxygen atoms in total. The summed E-state index contributed by atoms with van der Waals surface area (Å²) in [5.74, 6) is -0.740. The molecule has 21 heavy (non-hydrogen) atoms. The van der Waals surface area contributed by atoms with Gasteiger partial charge < -0.3 is 10.5 Å². The number of Topliss-reactive ketones (excluding diaryl/α,β-unsaturated/α-hetero) is 1. The second-order valence-electron chi connectivity index (χ2n) is 4.52. The van der Waals surface area contributed by atoms with E-state index < -0.39 is 17.8 Å². The molecule has 0 bridgehead atoms. The van der Waals surface area contributed by atoms with Crippen molar-refractivity contribution in [1.29, 1.82) is 0 Å². The number of ketones is 1. The van der Waals surface area contributed by atoms with E-state index in [1.807, 2.05) is 0 Å². The lowest BCUT2D eigenvalue weighted by atomic mass is 10.1. The van der Waals surface area contributed by atoms with Crippen molar-refractivity contribution in [3.8, 4) is 5.75 Å². The summed E-state index contributed by atoms with van der Waals surface area (Å²) in [6.07, 6.45) is -0.727.